The van der Waals surface area contributed by atoms with Gasteiger partial charge in [-0.15, -0.1) is 0 Å². The predicted molar refractivity (Wildman–Crippen MR) is 127 cm³/mol. The highest BCUT2D eigenvalue weighted by molar-refractivity contribution is 6.30. The standard InChI is InChI=1S/C25H27ClN4O4/c26-19-3-7-22(8-4-19)34-21-5-1-16(2-6-21)13-27-20-11-17-14-29(15-18(17)12-20)25(33)30-10-9-23(28-30)24(31)32/h1-10,17-18,20,24,27,31-32H,11-15H2/t17-,18+,20?. The van der Waals surface area contributed by atoms with Crippen LogP contribution in [0.15, 0.2) is 60.8 Å². The Morgan fingerprint density at radius 2 is 1.65 bits per heavy atom. The number of fused-ring (bicyclic) bond motifs is 1. The van der Waals surface area contributed by atoms with Crippen LogP contribution in [0.25, 0.3) is 0 Å². The molecule has 2 aliphatic rings. The molecule has 3 atom stereocenters. The van der Waals surface area contributed by atoms with Crippen LogP contribution in [0, 0.1) is 11.8 Å². The third kappa shape index (κ3) is 5.10. The molecule has 1 unspecified atom stereocenters. The van der Waals surface area contributed by atoms with Gasteiger partial charge in [0.2, 0.25) is 0 Å². The Morgan fingerprint density at radius 1 is 1.03 bits per heavy atom. The minimum Gasteiger partial charge on any atom is -0.457 e. The van der Waals surface area contributed by atoms with E-state index in [0.717, 1.165) is 30.9 Å². The Bertz CT molecular complexity index is 1120. The lowest BCUT2D eigenvalue weighted by Gasteiger charge is -2.19. The van der Waals surface area contributed by atoms with Crippen LogP contribution >= 0.6 is 11.6 Å². The van der Waals surface area contributed by atoms with Gasteiger partial charge in [-0.05, 0) is 72.7 Å². The summed E-state index contributed by atoms with van der Waals surface area (Å²) in [7, 11) is 0. The van der Waals surface area contributed by atoms with E-state index in [1.165, 1.54) is 22.5 Å². The van der Waals surface area contributed by atoms with Crippen molar-refractivity contribution >= 4 is 17.6 Å². The lowest BCUT2D eigenvalue weighted by atomic mass is 10.0. The third-order valence-electron chi connectivity index (χ3n) is 6.66. The number of aromatic nitrogens is 2. The van der Waals surface area contributed by atoms with Crippen molar-refractivity contribution in [1.29, 1.82) is 0 Å². The zero-order valence-corrected chi connectivity index (χ0v) is 19.3. The van der Waals surface area contributed by atoms with E-state index < -0.39 is 6.29 Å². The number of hydrogen-bond acceptors (Lipinski definition) is 6. The number of likely N-dealkylation sites (tertiary alicyclic amines) is 1. The summed E-state index contributed by atoms with van der Waals surface area (Å²) in [6.07, 6.45) is 1.87. The minimum absolute atomic E-state index is 0.0709. The number of halogens is 1. The Balaban J connectivity index is 1.08. The number of carbonyl (C=O) groups excluding carboxylic acids is 1. The van der Waals surface area contributed by atoms with Gasteiger partial charge in [0.1, 0.15) is 17.2 Å². The molecule has 3 N–H and O–H groups in total. The lowest BCUT2D eigenvalue weighted by molar-refractivity contribution is -0.0460. The molecule has 9 heteroatoms. The van der Waals surface area contributed by atoms with E-state index in [0.29, 0.717) is 36.0 Å². The number of aliphatic hydroxyl groups excluding tert-OH is 1. The van der Waals surface area contributed by atoms with Crippen LogP contribution in [-0.2, 0) is 6.54 Å². The molecular formula is C25H27ClN4O4. The van der Waals surface area contributed by atoms with E-state index in [2.05, 4.69) is 22.5 Å². The van der Waals surface area contributed by atoms with Crippen molar-refractivity contribution in [3.8, 4) is 11.5 Å². The van der Waals surface area contributed by atoms with Gasteiger partial charge >= 0.3 is 6.03 Å². The summed E-state index contributed by atoms with van der Waals surface area (Å²) in [6, 6.07) is 17.0. The number of hydrogen-bond donors (Lipinski definition) is 3. The summed E-state index contributed by atoms with van der Waals surface area (Å²) < 4.78 is 7.04. The van der Waals surface area contributed by atoms with Gasteiger partial charge in [0.05, 0.1) is 0 Å². The summed E-state index contributed by atoms with van der Waals surface area (Å²) in [4.78, 5) is 14.5. The Hall–Kier alpha value is -2.91. The molecule has 2 aromatic carbocycles. The second-order valence-corrected chi connectivity index (χ2v) is 9.45. The summed E-state index contributed by atoms with van der Waals surface area (Å²) in [5.41, 5.74) is 1.26. The Kier molecular flexibility index (Phi) is 6.56. The van der Waals surface area contributed by atoms with Crippen LogP contribution in [0.3, 0.4) is 0 Å². The monoisotopic (exact) mass is 482 g/mol. The molecule has 8 nitrogen and oxygen atoms in total. The fraction of sp³-hybridized carbons (Fsp3) is 0.360. The van der Waals surface area contributed by atoms with Gasteiger partial charge in [-0.3, -0.25) is 0 Å². The molecule has 1 aliphatic carbocycles. The minimum atomic E-state index is -1.67. The van der Waals surface area contributed by atoms with Crippen LogP contribution in [-0.4, -0.2) is 50.1 Å². The second kappa shape index (κ2) is 9.76. The van der Waals surface area contributed by atoms with Crippen LogP contribution in [0.2, 0.25) is 5.02 Å². The molecule has 0 spiro atoms. The number of aliphatic hydroxyl groups is 2. The highest BCUT2D eigenvalue weighted by Crippen LogP contribution is 2.38. The SMILES string of the molecule is O=C(N1C[C@H]2CC(NCc3ccc(Oc4ccc(Cl)cc4)cc3)C[C@H]2C1)n1ccc(C(O)O)n1. The first kappa shape index (κ1) is 22.9. The van der Waals surface area contributed by atoms with Crippen molar-refractivity contribution in [3.63, 3.8) is 0 Å². The lowest BCUT2D eigenvalue weighted by Crippen LogP contribution is -2.35. The largest absolute Gasteiger partial charge is 0.457 e. The van der Waals surface area contributed by atoms with Crippen molar-refractivity contribution in [3.05, 3.63) is 77.1 Å². The molecular weight excluding hydrogens is 456 g/mol. The number of nitrogens with zero attached hydrogens (tertiary/aromatic N) is 3. The van der Waals surface area contributed by atoms with Gasteiger partial charge in [-0.25, -0.2) is 4.79 Å². The molecule has 1 aromatic heterocycles. The predicted octanol–water partition coefficient (Wildman–Crippen LogP) is 3.78. The molecule has 1 amide bonds. The van der Waals surface area contributed by atoms with Gasteiger partial charge in [0, 0.05) is 36.9 Å². The molecule has 2 fully saturated rings. The van der Waals surface area contributed by atoms with E-state index in [1.807, 2.05) is 29.2 Å². The molecule has 1 saturated carbocycles. The maximum absolute atomic E-state index is 12.7. The molecule has 2 heterocycles. The van der Waals surface area contributed by atoms with Gasteiger partial charge in [-0.1, -0.05) is 23.7 Å². The van der Waals surface area contributed by atoms with Crippen LogP contribution in [0.5, 0.6) is 11.5 Å². The highest BCUT2D eigenvalue weighted by Gasteiger charge is 2.42. The number of nitrogens with one attached hydrogen (secondary N) is 1. The zero-order valence-electron chi connectivity index (χ0n) is 18.5. The smallest absolute Gasteiger partial charge is 0.344 e. The molecule has 34 heavy (non-hydrogen) atoms. The molecule has 1 saturated heterocycles. The third-order valence-corrected chi connectivity index (χ3v) is 6.91. The topological polar surface area (TPSA) is 99.9 Å². The number of amides is 1. The summed E-state index contributed by atoms with van der Waals surface area (Å²) in [5, 5.41) is 26.7. The molecule has 3 aromatic rings. The average Bonchev–Trinajstić information content (AvgIpc) is 3.55. The van der Waals surface area contributed by atoms with Gasteiger partial charge in [-0.2, -0.15) is 9.78 Å². The quantitative estimate of drug-likeness (QED) is 0.462. The summed E-state index contributed by atoms with van der Waals surface area (Å²) >= 11 is 5.91. The first-order valence-corrected chi connectivity index (χ1v) is 11.8. The van der Waals surface area contributed by atoms with E-state index in [1.54, 1.807) is 12.1 Å². The van der Waals surface area contributed by atoms with Crippen molar-refractivity contribution in [2.75, 3.05) is 13.1 Å². The summed E-state index contributed by atoms with van der Waals surface area (Å²) in [5.74, 6) is 2.47. The van der Waals surface area contributed by atoms with Crippen molar-refractivity contribution in [2.24, 2.45) is 11.8 Å². The Morgan fingerprint density at radius 3 is 2.24 bits per heavy atom. The molecule has 0 radical (unpaired) electrons. The molecule has 0 bridgehead atoms. The summed E-state index contributed by atoms with van der Waals surface area (Å²) in [6.45, 7) is 2.19. The fourth-order valence-corrected chi connectivity index (χ4v) is 5.05. The first-order chi connectivity index (χ1) is 16.4. The normalized spacial score (nSPS) is 21.8. The maximum atomic E-state index is 12.7. The van der Waals surface area contributed by atoms with Gasteiger partial charge in [0.25, 0.3) is 0 Å². The van der Waals surface area contributed by atoms with Crippen LogP contribution < -0.4 is 10.1 Å². The van der Waals surface area contributed by atoms with Crippen LogP contribution in [0.1, 0.15) is 30.4 Å². The highest BCUT2D eigenvalue weighted by atomic mass is 35.5. The second-order valence-electron chi connectivity index (χ2n) is 9.02. The van der Waals surface area contributed by atoms with E-state index in [9.17, 15) is 15.0 Å². The van der Waals surface area contributed by atoms with E-state index in [-0.39, 0.29) is 11.7 Å². The zero-order chi connectivity index (χ0) is 23.7. The molecule has 5 rings (SSSR count). The average molecular weight is 483 g/mol. The molecule has 1 aliphatic heterocycles. The van der Waals surface area contributed by atoms with Gasteiger partial charge < -0.3 is 25.2 Å². The van der Waals surface area contributed by atoms with Crippen molar-refractivity contribution in [1.82, 2.24) is 20.0 Å². The number of ether oxygens (including phenoxy) is 1. The number of benzene rings is 2. The number of carbonyl (C=O) groups is 1. The van der Waals surface area contributed by atoms with E-state index >= 15 is 0 Å². The fourth-order valence-electron chi connectivity index (χ4n) is 4.93. The van der Waals surface area contributed by atoms with Crippen LogP contribution in [0.4, 0.5) is 4.79 Å². The van der Waals surface area contributed by atoms with Gasteiger partial charge in [0.15, 0.2) is 6.29 Å². The van der Waals surface area contributed by atoms with Crippen molar-refractivity contribution in [2.45, 2.75) is 31.7 Å². The Labute approximate surface area is 202 Å². The maximum Gasteiger partial charge on any atom is 0.344 e. The van der Waals surface area contributed by atoms with E-state index in [4.69, 9.17) is 16.3 Å². The first-order valence-electron chi connectivity index (χ1n) is 11.4. The number of rotatable bonds is 6. The van der Waals surface area contributed by atoms with Crippen molar-refractivity contribution < 1.29 is 19.7 Å². The molecule has 178 valence electrons.